The lowest BCUT2D eigenvalue weighted by molar-refractivity contribution is -0.122. The summed E-state index contributed by atoms with van der Waals surface area (Å²) in [5, 5.41) is 18.1. The maximum Gasteiger partial charge on any atom is 0.224 e. The molecule has 0 radical (unpaired) electrons. The number of aliphatic hydroxyl groups excluding tert-OH is 1. The molecular weight excluding hydrogens is 537 g/mol. The summed E-state index contributed by atoms with van der Waals surface area (Å²) in [4.78, 5) is 25.9. The van der Waals surface area contributed by atoms with Gasteiger partial charge in [-0.25, -0.2) is 9.97 Å². The number of aliphatic hydroxyl groups is 1. The van der Waals surface area contributed by atoms with Crippen molar-refractivity contribution in [3.63, 3.8) is 0 Å². The molecule has 198 valence electrons. The largest absolute Gasteiger partial charge is 0.393 e. The normalized spacial score (nSPS) is 24.5. The number of fused-ring (bicyclic) bond motifs is 1. The average molecular weight is 567 g/mol. The lowest BCUT2D eigenvalue weighted by Gasteiger charge is -2.29. The molecule has 2 aliphatic carbocycles. The van der Waals surface area contributed by atoms with Gasteiger partial charge in [-0.1, -0.05) is 47.6 Å². The van der Waals surface area contributed by atoms with Gasteiger partial charge in [0.1, 0.15) is 5.52 Å². The molecule has 0 aliphatic heterocycles. The summed E-state index contributed by atoms with van der Waals surface area (Å²) in [6.07, 6.45) is 8.76. The smallest absolute Gasteiger partial charge is 0.224 e. The molecule has 0 saturated heterocycles. The molecule has 5 N–H and O–H groups in total. The second kappa shape index (κ2) is 11.2. The molecule has 2 saturated carbocycles. The van der Waals surface area contributed by atoms with Crippen LogP contribution in [0.25, 0.3) is 11.2 Å². The Kier molecular flexibility index (Phi) is 7.95. The molecule has 2 aromatic heterocycles. The van der Waals surface area contributed by atoms with E-state index in [1.54, 1.807) is 18.3 Å². The first-order valence-electron chi connectivity index (χ1n) is 12.7. The van der Waals surface area contributed by atoms with E-state index in [0.29, 0.717) is 63.1 Å². The van der Waals surface area contributed by atoms with Crippen LogP contribution in [0.5, 0.6) is 0 Å². The molecule has 9 nitrogen and oxygen atoms in total. The summed E-state index contributed by atoms with van der Waals surface area (Å²) in [5.41, 5.74) is 7.35. The summed E-state index contributed by atoms with van der Waals surface area (Å²) >= 11 is 19.0. The molecule has 0 bridgehead atoms. The van der Waals surface area contributed by atoms with E-state index in [0.717, 1.165) is 38.5 Å². The van der Waals surface area contributed by atoms with E-state index in [9.17, 15) is 9.90 Å². The number of hydrogen-bond donors (Lipinski definition) is 4. The fraction of sp³-hybridized carbons (Fsp3) is 0.520. The van der Waals surface area contributed by atoms with Crippen LogP contribution in [0, 0.1) is 5.92 Å². The number of aromatic nitrogens is 4. The number of hydrogen-bond acceptors (Lipinski definition) is 7. The molecule has 5 rings (SSSR count). The third-order valence-corrected chi connectivity index (χ3v) is 8.18. The summed E-state index contributed by atoms with van der Waals surface area (Å²) in [7, 11) is 0. The van der Waals surface area contributed by atoms with Gasteiger partial charge in [0.25, 0.3) is 0 Å². The van der Waals surface area contributed by atoms with E-state index in [-0.39, 0.29) is 30.0 Å². The molecule has 1 aromatic carbocycles. The number of nitrogens with two attached hydrogens (primary N) is 1. The third-order valence-electron chi connectivity index (χ3n) is 7.37. The highest BCUT2D eigenvalue weighted by Crippen LogP contribution is 2.40. The molecular formula is C25H30Cl3N7O2. The van der Waals surface area contributed by atoms with Crippen LogP contribution >= 0.6 is 34.8 Å². The molecule has 1 amide bonds. The molecule has 2 heterocycles. The monoisotopic (exact) mass is 565 g/mol. The molecule has 2 aliphatic rings. The van der Waals surface area contributed by atoms with Crippen molar-refractivity contribution >= 4 is 69.5 Å². The predicted molar refractivity (Wildman–Crippen MR) is 147 cm³/mol. The Labute approximate surface area is 230 Å². The van der Waals surface area contributed by atoms with E-state index in [1.165, 1.54) is 0 Å². The van der Waals surface area contributed by atoms with Gasteiger partial charge < -0.3 is 21.5 Å². The van der Waals surface area contributed by atoms with Crippen LogP contribution in [0.3, 0.4) is 0 Å². The van der Waals surface area contributed by atoms with Gasteiger partial charge in [-0.15, -0.1) is 0 Å². The third kappa shape index (κ3) is 5.90. The van der Waals surface area contributed by atoms with E-state index in [1.807, 2.05) is 4.57 Å². The second-order valence-corrected chi connectivity index (χ2v) is 11.3. The molecule has 2 atom stereocenters. The van der Waals surface area contributed by atoms with Crippen molar-refractivity contribution in [2.24, 2.45) is 11.7 Å². The van der Waals surface area contributed by atoms with E-state index in [4.69, 9.17) is 50.5 Å². The first-order valence-corrected chi connectivity index (χ1v) is 13.8. The van der Waals surface area contributed by atoms with Crippen molar-refractivity contribution in [2.45, 2.75) is 76.0 Å². The standard InChI is InChI=1S/C25H30Cl3N7O2/c26-14-9-18(27)21(19(28)10-14)33-25-32-20-12-30-24(31-15-3-1-2-4-17(36)11-15)34-23(20)35(25)16-7-5-13(6-8-16)22(29)37/h9-10,12-13,15-17,36H,1-8,11H2,(H2,29,37)(H,32,33)(H,30,31,34)/t13-,15-,16-,17+/m1/s1. The molecule has 0 spiro atoms. The summed E-state index contributed by atoms with van der Waals surface area (Å²) in [6.45, 7) is 0. The van der Waals surface area contributed by atoms with Crippen molar-refractivity contribution in [1.82, 2.24) is 19.5 Å². The Morgan fingerprint density at radius 3 is 2.43 bits per heavy atom. The van der Waals surface area contributed by atoms with Crippen LogP contribution in [0.1, 0.15) is 63.8 Å². The van der Waals surface area contributed by atoms with Gasteiger partial charge in [0.15, 0.2) is 5.65 Å². The van der Waals surface area contributed by atoms with Gasteiger partial charge in [-0.05, 0) is 57.1 Å². The molecule has 2 fully saturated rings. The number of carbonyl (C=O) groups excluding carboxylic acids is 1. The average Bonchev–Trinajstić information content (AvgIpc) is 3.07. The zero-order chi connectivity index (χ0) is 26.1. The topological polar surface area (TPSA) is 131 Å². The number of primary amides is 1. The van der Waals surface area contributed by atoms with Crippen LogP contribution in [-0.2, 0) is 4.79 Å². The first-order chi connectivity index (χ1) is 17.8. The summed E-state index contributed by atoms with van der Waals surface area (Å²) in [6, 6.07) is 3.37. The number of nitrogens with zero attached hydrogens (tertiary/aromatic N) is 4. The molecule has 3 aromatic rings. The van der Waals surface area contributed by atoms with Crippen molar-refractivity contribution in [2.75, 3.05) is 10.6 Å². The van der Waals surface area contributed by atoms with Gasteiger partial charge in [0, 0.05) is 23.0 Å². The minimum Gasteiger partial charge on any atom is -0.393 e. The highest BCUT2D eigenvalue weighted by atomic mass is 35.5. The number of anilines is 3. The quantitative estimate of drug-likeness (QED) is 0.275. The van der Waals surface area contributed by atoms with Crippen molar-refractivity contribution < 1.29 is 9.90 Å². The first kappa shape index (κ1) is 26.3. The Morgan fingerprint density at radius 1 is 1.03 bits per heavy atom. The van der Waals surface area contributed by atoms with Crippen LogP contribution < -0.4 is 16.4 Å². The highest BCUT2D eigenvalue weighted by molar-refractivity contribution is 6.41. The maximum atomic E-state index is 11.8. The maximum absolute atomic E-state index is 11.8. The Balaban J connectivity index is 1.51. The van der Waals surface area contributed by atoms with Crippen molar-refractivity contribution in [3.05, 3.63) is 33.4 Å². The molecule has 0 unspecified atom stereocenters. The number of amides is 1. The van der Waals surface area contributed by atoms with Crippen LogP contribution in [0.4, 0.5) is 17.6 Å². The van der Waals surface area contributed by atoms with Gasteiger partial charge in [0.2, 0.25) is 17.8 Å². The van der Waals surface area contributed by atoms with Gasteiger partial charge >= 0.3 is 0 Å². The fourth-order valence-corrected chi connectivity index (χ4v) is 6.35. The predicted octanol–water partition coefficient (Wildman–Crippen LogP) is 5.85. The highest BCUT2D eigenvalue weighted by Gasteiger charge is 2.30. The number of halogens is 3. The Hall–Kier alpha value is -2.33. The number of nitrogens with one attached hydrogen (secondary N) is 2. The van der Waals surface area contributed by atoms with E-state index >= 15 is 0 Å². The van der Waals surface area contributed by atoms with Gasteiger partial charge in [-0.3, -0.25) is 9.36 Å². The van der Waals surface area contributed by atoms with Crippen LogP contribution in [0.15, 0.2) is 18.3 Å². The van der Waals surface area contributed by atoms with E-state index in [2.05, 4.69) is 15.6 Å². The molecule has 12 heteroatoms. The SMILES string of the molecule is NC(=O)[C@H]1CC[C@H](n2c(Nc3c(Cl)cc(Cl)cc3Cl)nc3cnc(N[C@@H]4CCCC[C@H](O)C4)nc32)CC1. The second-order valence-electron chi connectivity index (χ2n) is 10.0. The summed E-state index contributed by atoms with van der Waals surface area (Å²) in [5.74, 6) is 0.634. The van der Waals surface area contributed by atoms with E-state index < -0.39 is 0 Å². The minimum atomic E-state index is -0.320. The number of carbonyl (C=O) groups is 1. The van der Waals surface area contributed by atoms with Crippen LogP contribution in [0.2, 0.25) is 15.1 Å². The van der Waals surface area contributed by atoms with Gasteiger partial charge in [-0.2, -0.15) is 4.98 Å². The zero-order valence-electron chi connectivity index (χ0n) is 20.3. The fourth-order valence-electron chi connectivity index (χ4n) is 5.43. The number of benzene rings is 1. The number of imidazole rings is 1. The van der Waals surface area contributed by atoms with Crippen LogP contribution in [-0.4, -0.2) is 42.7 Å². The minimum absolute atomic E-state index is 0.0374. The Morgan fingerprint density at radius 2 is 1.73 bits per heavy atom. The lowest BCUT2D eigenvalue weighted by Crippen LogP contribution is -2.29. The number of rotatable bonds is 6. The van der Waals surface area contributed by atoms with Gasteiger partial charge in [0.05, 0.1) is 28.0 Å². The van der Waals surface area contributed by atoms with Crippen molar-refractivity contribution in [1.29, 1.82) is 0 Å². The van der Waals surface area contributed by atoms with Crippen molar-refractivity contribution in [3.8, 4) is 0 Å². The Bertz CT molecular complexity index is 1270. The summed E-state index contributed by atoms with van der Waals surface area (Å²) < 4.78 is 2.04. The lowest BCUT2D eigenvalue weighted by atomic mass is 9.85. The zero-order valence-corrected chi connectivity index (χ0v) is 22.5. The molecule has 37 heavy (non-hydrogen) atoms.